The number of aliphatic hydroxyl groups is 1. The lowest BCUT2D eigenvalue weighted by molar-refractivity contribution is -0.180. The van der Waals surface area contributed by atoms with Crippen LogP contribution in [0.25, 0.3) is 0 Å². The van der Waals surface area contributed by atoms with Gasteiger partial charge in [0.05, 0.1) is 17.3 Å². The largest absolute Gasteiger partial charge is 0.460 e. The van der Waals surface area contributed by atoms with Crippen molar-refractivity contribution in [3.05, 3.63) is 24.3 Å². The molecule has 0 aromatic heterocycles. The van der Waals surface area contributed by atoms with E-state index in [9.17, 15) is 19.5 Å². The lowest BCUT2D eigenvalue weighted by Crippen LogP contribution is -2.53. The summed E-state index contributed by atoms with van der Waals surface area (Å²) in [6, 6.07) is 0. The highest BCUT2D eigenvalue weighted by Gasteiger charge is 2.64. The zero-order chi connectivity index (χ0) is 19.4. The molecular formula is C20H26O6. The molecule has 142 valence electrons. The summed E-state index contributed by atoms with van der Waals surface area (Å²) in [7, 11) is 0. The van der Waals surface area contributed by atoms with Gasteiger partial charge in [0.1, 0.15) is 18.3 Å². The number of rotatable bonds is 3. The van der Waals surface area contributed by atoms with Gasteiger partial charge in [-0.25, -0.2) is 4.79 Å². The van der Waals surface area contributed by atoms with Crippen LogP contribution in [0.2, 0.25) is 0 Å². The molecule has 6 heteroatoms. The molecule has 2 aliphatic carbocycles. The Balaban J connectivity index is 2.12. The van der Waals surface area contributed by atoms with E-state index in [1.807, 2.05) is 13.8 Å². The summed E-state index contributed by atoms with van der Waals surface area (Å²) in [4.78, 5) is 37.7. The molecule has 1 saturated heterocycles. The fraction of sp³-hybridized carbons (Fsp3) is 0.650. The molecule has 3 rings (SSSR count). The van der Waals surface area contributed by atoms with Gasteiger partial charge >= 0.3 is 11.9 Å². The smallest absolute Gasteiger partial charge is 0.334 e. The Labute approximate surface area is 153 Å². The minimum Gasteiger partial charge on any atom is -0.460 e. The fourth-order valence-electron chi connectivity index (χ4n) is 4.56. The Hall–Kier alpha value is -1.95. The molecule has 0 radical (unpaired) electrons. The zero-order valence-corrected chi connectivity index (χ0v) is 15.6. The van der Waals surface area contributed by atoms with Crippen LogP contribution < -0.4 is 0 Å². The third kappa shape index (κ3) is 2.46. The molecule has 8 atom stereocenters. The molecule has 0 spiro atoms. The van der Waals surface area contributed by atoms with E-state index in [-0.39, 0.29) is 29.1 Å². The highest BCUT2D eigenvalue weighted by atomic mass is 16.6. The minimum atomic E-state index is -1.08. The Morgan fingerprint density at radius 3 is 2.73 bits per heavy atom. The van der Waals surface area contributed by atoms with E-state index < -0.39 is 41.6 Å². The number of carbonyl (C=O) groups excluding carboxylic acids is 3. The number of allylic oxidation sites excluding steroid dienone is 2. The summed E-state index contributed by atoms with van der Waals surface area (Å²) in [6.45, 7) is 11.0. The average Bonchev–Trinajstić information content (AvgIpc) is 2.89. The van der Waals surface area contributed by atoms with Crippen molar-refractivity contribution in [1.29, 1.82) is 0 Å². The van der Waals surface area contributed by atoms with Gasteiger partial charge in [-0.2, -0.15) is 0 Å². The summed E-state index contributed by atoms with van der Waals surface area (Å²) in [5.41, 5.74) is -1.02. The van der Waals surface area contributed by atoms with Crippen molar-refractivity contribution in [3.63, 3.8) is 0 Å². The Morgan fingerprint density at radius 1 is 1.46 bits per heavy atom. The Kier molecular flexibility index (Phi) is 4.59. The monoisotopic (exact) mass is 362 g/mol. The number of ether oxygens (including phenoxy) is 2. The molecule has 0 unspecified atom stereocenters. The van der Waals surface area contributed by atoms with E-state index in [1.165, 1.54) is 6.08 Å². The number of aliphatic hydroxyl groups excluding tert-OH is 1. The molecule has 2 fully saturated rings. The van der Waals surface area contributed by atoms with Crippen LogP contribution in [-0.2, 0) is 23.9 Å². The molecule has 0 aromatic carbocycles. The summed E-state index contributed by atoms with van der Waals surface area (Å²) in [5, 5.41) is 10.9. The van der Waals surface area contributed by atoms with Gasteiger partial charge < -0.3 is 14.6 Å². The lowest BCUT2D eigenvalue weighted by Gasteiger charge is -2.41. The van der Waals surface area contributed by atoms with Crippen LogP contribution in [0.3, 0.4) is 0 Å². The van der Waals surface area contributed by atoms with Gasteiger partial charge in [-0.15, -0.1) is 0 Å². The second-order valence-corrected chi connectivity index (χ2v) is 7.97. The van der Waals surface area contributed by atoms with Crippen molar-refractivity contribution in [1.82, 2.24) is 0 Å². The summed E-state index contributed by atoms with van der Waals surface area (Å²) < 4.78 is 11.2. The predicted octanol–water partition coefficient (Wildman–Crippen LogP) is 1.81. The van der Waals surface area contributed by atoms with E-state index in [0.29, 0.717) is 6.42 Å². The van der Waals surface area contributed by atoms with Crippen molar-refractivity contribution >= 4 is 17.7 Å². The third-order valence-electron chi connectivity index (χ3n) is 6.55. The van der Waals surface area contributed by atoms with E-state index >= 15 is 0 Å². The van der Waals surface area contributed by atoms with Gasteiger partial charge in [-0.3, -0.25) is 9.59 Å². The van der Waals surface area contributed by atoms with E-state index in [2.05, 4.69) is 6.58 Å². The average molecular weight is 362 g/mol. The first-order valence-electron chi connectivity index (χ1n) is 9.15. The standard InChI is InChI=1S/C20H26O6/c1-6-9(2)18(23)26-17-14-11(4)19(24)25-16(15(14)22)10(3)12-7-8-13(21)20(12,17)5/h7-10,12,14-17,22H,4,6H2,1-3,5H3/t9-,10+,12+,14-,15+,16-,17+,20+/m1/s1. The zero-order valence-electron chi connectivity index (χ0n) is 15.6. The first kappa shape index (κ1) is 18.8. The number of hydrogen-bond acceptors (Lipinski definition) is 6. The summed E-state index contributed by atoms with van der Waals surface area (Å²) in [6.07, 6.45) is 1.05. The second kappa shape index (κ2) is 6.34. The van der Waals surface area contributed by atoms with Gasteiger partial charge in [0, 0.05) is 11.5 Å². The highest BCUT2D eigenvalue weighted by Crippen LogP contribution is 2.54. The predicted molar refractivity (Wildman–Crippen MR) is 92.8 cm³/mol. The van der Waals surface area contributed by atoms with Crippen LogP contribution in [0, 0.1) is 29.1 Å². The molecule has 26 heavy (non-hydrogen) atoms. The normalized spacial score (nSPS) is 42.7. The first-order chi connectivity index (χ1) is 12.1. The number of hydrogen-bond donors (Lipinski definition) is 1. The molecule has 2 bridgehead atoms. The maximum absolute atomic E-state index is 12.8. The van der Waals surface area contributed by atoms with Gasteiger partial charge in [-0.05, 0) is 25.3 Å². The van der Waals surface area contributed by atoms with Crippen molar-refractivity contribution < 1.29 is 29.0 Å². The van der Waals surface area contributed by atoms with Gasteiger partial charge in [0.15, 0.2) is 5.78 Å². The Morgan fingerprint density at radius 2 is 2.12 bits per heavy atom. The van der Waals surface area contributed by atoms with Gasteiger partial charge in [0.2, 0.25) is 0 Å². The number of ketones is 1. The van der Waals surface area contributed by atoms with Crippen LogP contribution in [0.4, 0.5) is 0 Å². The van der Waals surface area contributed by atoms with Gasteiger partial charge in [-0.1, -0.05) is 33.4 Å². The van der Waals surface area contributed by atoms with Crippen molar-refractivity contribution in [2.45, 2.75) is 52.4 Å². The maximum Gasteiger partial charge on any atom is 0.334 e. The summed E-state index contributed by atoms with van der Waals surface area (Å²) >= 11 is 0. The van der Waals surface area contributed by atoms with Crippen molar-refractivity contribution in [2.24, 2.45) is 29.1 Å². The first-order valence-corrected chi connectivity index (χ1v) is 9.15. The van der Waals surface area contributed by atoms with Crippen LogP contribution in [0.5, 0.6) is 0 Å². The van der Waals surface area contributed by atoms with E-state index in [4.69, 9.17) is 9.47 Å². The van der Waals surface area contributed by atoms with Crippen LogP contribution in [-0.4, -0.2) is 41.1 Å². The van der Waals surface area contributed by atoms with Crippen LogP contribution >= 0.6 is 0 Å². The molecule has 0 amide bonds. The van der Waals surface area contributed by atoms with Crippen LogP contribution in [0.1, 0.15) is 34.1 Å². The Bertz CT molecular complexity index is 694. The minimum absolute atomic E-state index is 0.0458. The van der Waals surface area contributed by atoms with E-state index in [1.54, 1.807) is 19.9 Å². The number of carbonyl (C=O) groups is 3. The molecule has 1 saturated carbocycles. The highest BCUT2D eigenvalue weighted by molar-refractivity contribution is 5.99. The topological polar surface area (TPSA) is 89.9 Å². The summed E-state index contributed by atoms with van der Waals surface area (Å²) in [5.74, 6) is -3.05. The molecule has 3 aliphatic rings. The van der Waals surface area contributed by atoms with Crippen LogP contribution in [0.15, 0.2) is 24.3 Å². The molecule has 0 aromatic rings. The fourth-order valence-corrected chi connectivity index (χ4v) is 4.56. The van der Waals surface area contributed by atoms with Crippen molar-refractivity contribution in [3.8, 4) is 0 Å². The molecular weight excluding hydrogens is 336 g/mol. The molecule has 1 heterocycles. The third-order valence-corrected chi connectivity index (χ3v) is 6.55. The van der Waals surface area contributed by atoms with Gasteiger partial charge in [0.25, 0.3) is 0 Å². The molecule has 6 nitrogen and oxygen atoms in total. The molecule has 1 N–H and O–H groups in total. The number of fused-ring (bicyclic) bond motifs is 3. The number of esters is 2. The second-order valence-electron chi connectivity index (χ2n) is 7.97. The lowest BCUT2D eigenvalue weighted by atomic mass is 9.67. The molecule has 1 aliphatic heterocycles. The SMILES string of the molecule is C=C1C(=O)O[C@@H]2[C@@H](C)[C@@H]3C=CC(=O)[C@@]3(C)[C@@H](OC(=O)[C@H](C)CC)[C@H]1[C@@H]2O. The quantitative estimate of drug-likeness (QED) is 0.608. The van der Waals surface area contributed by atoms with Crippen molar-refractivity contribution in [2.75, 3.05) is 0 Å². The van der Waals surface area contributed by atoms with E-state index in [0.717, 1.165) is 0 Å². The maximum atomic E-state index is 12.8.